The Labute approximate surface area is 98.6 Å². The lowest BCUT2D eigenvalue weighted by atomic mass is 9.74. The number of nitrogens with one attached hydrogen (secondary N) is 1. The molecular formula is C13H25NO2. The van der Waals surface area contributed by atoms with Crippen molar-refractivity contribution < 1.29 is 9.90 Å². The first kappa shape index (κ1) is 13.5. The van der Waals surface area contributed by atoms with Crippen molar-refractivity contribution in [2.45, 2.75) is 64.3 Å². The molecule has 1 fully saturated rings. The predicted molar refractivity (Wildman–Crippen MR) is 65.5 cm³/mol. The Morgan fingerprint density at radius 3 is 2.50 bits per heavy atom. The van der Waals surface area contributed by atoms with Crippen LogP contribution in [0.15, 0.2) is 0 Å². The van der Waals surface area contributed by atoms with E-state index in [1.165, 1.54) is 32.1 Å². The lowest BCUT2D eigenvalue weighted by Crippen LogP contribution is -2.51. The van der Waals surface area contributed by atoms with E-state index in [4.69, 9.17) is 5.11 Å². The van der Waals surface area contributed by atoms with Gasteiger partial charge in [0.15, 0.2) is 0 Å². The monoisotopic (exact) mass is 227 g/mol. The molecule has 3 nitrogen and oxygen atoms in total. The maximum Gasteiger partial charge on any atom is 0.305 e. The molecule has 2 N–H and O–H groups in total. The molecule has 3 heteroatoms. The first-order valence-electron chi connectivity index (χ1n) is 6.55. The minimum absolute atomic E-state index is 0.206. The summed E-state index contributed by atoms with van der Waals surface area (Å²) in [6.45, 7) is 5.13. The van der Waals surface area contributed by atoms with Crippen molar-refractivity contribution in [1.82, 2.24) is 5.32 Å². The lowest BCUT2D eigenvalue weighted by molar-refractivity contribution is -0.139. The number of aliphatic carboxylic acids is 1. The molecule has 0 aromatic carbocycles. The molecule has 0 heterocycles. The van der Waals surface area contributed by atoms with Crippen LogP contribution in [0.5, 0.6) is 0 Å². The molecule has 0 amide bonds. The van der Waals surface area contributed by atoms with E-state index in [1.54, 1.807) is 0 Å². The van der Waals surface area contributed by atoms with Crippen LogP contribution in [0.25, 0.3) is 0 Å². The molecule has 0 saturated heterocycles. The van der Waals surface area contributed by atoms with Crippen molar-refractivity contribution in [3.8, 4) is 0 Å². The molecule has 0 aromatic rings. The standard InChI is InChI=1S/C13H25NO2/c1-3-9-14-13(2,10-12(15)16)11-7-5-4-6-8-11/h11,14H,3-10H2,1-2H3,(H,15,16). The summed E-state index contributed by atoms with van der Waals surface area (Å²) in [5.74, 6) is -0.152. The minimum atomic E-state index is -0.684. The van der Waals surface area contributed by atoms with E-state index in [0.29, 0.717) is 5.92 Å². The first-order valence-corrected chi connectivity index (χ1v) is 6.55. The average Bonchev–Trinajstić information content (AvgIpc) is 2.27. The third kappa shape index (κ3) is 3.78. The fourth-order valence-corrected chi connectivity index (χ4v) is 2.82. The molecule has 1 saturated carbocycles. The van der Waals surface area contributed by atoms with Gasteiger partial charge >= 0.3 is 5.97 Å². The van der Waals surface area contributed by atoms with E-state index in [0.717, 1.165) is 13.0 Å². The van der Waals surface area contributed by atoms with E-state index in [2.05, 4.69) is 19.2 Å². The molecule has 0 bridgehead atoms. The van der Waals surface area contributed by atoms with E-state index >= 15 is 0 Å². The summed E-state index contributed by atoms with van der Waals surface area (Å²) in [7, 11) is 0. The van der Waals surface area contributed by atoms with Gasteiger partial charge in [0.2, 0.25) is 0 Å². The molecule has 0 radical (unpaired) electrons. The van der Waals surface area contributed by atoms with E-state index in [-0.39, 0.29) is 12.0 Å². The number of carbonyl (C=O) groups is 1. The Bertz CT molecular complexity index is 224. The van der Waals surface area contributed by atoms with Gasteiger partial charge in [-0.1, -0.05) is 26.2 Å². The van der Waals surface area contributed by atoms with Crippen LogP contribution in [0.1, 0.15) is 58.8 Å². The largest absolute Gasteiger partial charge is 0.481 e. The summed E-state index contributed by atoms with van der Waals surface area (Å²) in [6.07, 6.45) is 7.50. The molecule has 1 unspecified atom stereocenters. The van der Waals surface area contributed by atoms with Gasteiger partial charge in [-0.25, -0.2) is 0 Å². The van der Waals surface area contributed by atoms with E-state index in [9.17, 15) is 4.79 Å². The second-order valence-corrected chi connectivity index (χ2v) is 5.25. The van der Waals surface area contributed by atoms with Crippen LogP contribution >= 0.6 is 0 Å². The summed E-state index contributed by atoms with van der Waals surface area (Å²) in [4.78, 5) is 11.0. The zero-order valence-electron chi connectivity index (χ0n) is 10.6. The molecule has 16 heavy (non-hydrogen) atoms. The summed E-state index contributed by atoms with van der Waals surface area (Å²) in [5.41, 5.74) is -0.206. The Morgan fingerprint density at radius 1 is 1.38 bits per heavy atom. The van der Waals surface area contributed by atoms with E-state index < -0.39 is 5.97 Å². The third-order valence-corrected chi connectivity index (χ3v) is 3.80. The van der Waals surface area contributed by atoms with Gasteiger partial charge in [0.25, 0.3) is 0 Å². The topological polar surface area (TPSA) is 49.3 Å². The Balaban J connectivity index is 2.62. The zero-order chi connectivity index (χ0) is 12.0. The second kappa shape index (κ2) is 6.24. The summed E-state index contributed by atoms with van der Waals surface area (Å²) in [5, 5.41) is 12.5. The van der Waals surface area contributed by atoms with Crippen molar-refractivity contribution in [2.24, 2.45) is 5.92 Å². The molecule has 1 aliphatic carbocycles. The number of carboxylic acid groups (broad SMARTS) is 1. The molecule has 0 spiro atoms. The SMILES string of the molecule is CCCNC(C)(CC(=O)O)C1CCCCC1. The third-order valence-electron chi connectivity index (χ3n) is 3.80. The number of hydrogen-bond donors (Lipinski definition) is 2. The molecule has 0 aliphatic heterocycles. The highest BCUT2D eigenvalue weighted by molar-refractivity contribution is 5.68. The van der Waals surface area contributed by atoms with Gasteiger partial charge in [0, 0.05) is 5.54 Å². The van der Waals surface area contributed by atoms with Crippen LogP contribution in [0.4, 0.5) is 0 Å². The summed E-state index contributed by atoms with van der Waals surface area (Å²) in [6, 6.07) is 0. The van der Waals surface area contributed by atoms with Gasteiger partial charge in [-0.3, -0.25) is 4.79 Å². The van der Waals surface area contributed by atoms with Gasteiger partial charge in [0.1, 0.15) is 0 Å². The van der Waals surface area contributed by atoms with Gasteiger partial charge < -0.3 is 10.4 Å². The fourth-order valence-electron chi connectivity index (χ4n) is 2.82. The van der Waals surface area contributed by atoms with Crippen LogP contribution in [-0.2, 0) is 4.79 Å². The van der Waals surface area contributed by atoms with Crippen molar-refractivity contribution in [3.05, 3.63) is 0 Å². The van der Waals surface area contributed by atoms with Crippen LogP contribution in [0.2, 0.25) is 0 Å². The maximum atomic E-state index is 11.0. The lowest BCUT2D eigenvalue weighted by Gasteiger charge is -2.40. The smallest absolute Gasteiger partial charge is 0.305 e. The van der Waals surface area contributed by atoms with E-state index in [1.807, 2.05) is 0 Å². The van der Waals surface area contributed by atoms with Crippen LogP contribution < -0.4 is 5.32 Å². The predicted octanol–water partition coefficient (Wildman–Crippen LogP) is 2.80. The van der Waals surface area contributed by atoms with Crippen molar-refractivity contribution in [1.29, 1.82) is 0 Å². The second-order valence-electron chi connectivity index (χ2n) is 5.25. The maximum absolute atomic E-state index is 11.0. The van der Waals surface area contributed by atoms with Gasteiger partial charge in [0.05, 0.1) is 6.42 Å². The zero-order valence-corrected chi connectivity index (χ0v) is 10.6. The number of hydrogen-bond acceptors (Lipinski definition) is 2. The van der Waals surface area contributed by atoms with Crippen molar-refractivity contribution in [3.63, 3.8) is 0 Å². The Hall–Kier alpha value is -0.570. The highest BCUT2D eigenvalue weighted by Gasteiger charge is 2.36. The average molecular weight is 227 g/mol. The summed E-state index contributed by atoms with van der Waals surface area (Å²) >= 11 is 0. The fraction of sp³-hybridized carbons (Fsp3) is 0.923. The molecule has 1 rings (SSSR count). The highest BCUT2D eigenvalue weighted by atomic mass is 16.4. The van der Waals surface area contributed by atoms with Crippen molar-refractivity contribution >= 4 is 5.97 Å². The van der Waals surface area contributed by atoms with Gasteiger partial charge in [-0.05, 0) is 38.6 Å². The van der Waals surface area contributed by atoms with Crippen LogP contribution in [-0.4, -0.2) is 23.2 Å². The van der Waals surface area contributed by atoms with Gasteiger partial charge in [-0.15, -0.1) is 0 Å². The van der Waals surface area contributed by atoms with Crippen LogP contribution in [0.3, 0.4) is 0 Å². The Morgan fingerprint density at radius 2 is 2.00 bits per heavy atom. The molecule has 1 aliphatic rings. The molecule has 1 atom stereocenters. The minimum Gasteiger partial charge on any atom is -0.481 e. The van der Waals surface area contributed by atoms with Crippen molar-refractivity contribution in [2.75, 3.05) is 6.54 Å². The van der Waals surface area contributed by atoms with Crippen LogP contribution in [0, 0.1) is 5.92 Å². The first-order chi connectivity index (χ1) is 7.58. The molecular weight excluding hydrogens is 202 g/mol. The quantitative estimate of drug-likeness (QED) is 0.733. The number of rotatable bonds is 6. The molecule has 0 aromatic heterocycles. The Kier molecular flexibility index (Phi) is 5.26. The number of carboxylic acids is 1. The van der Waals surface area contributed by atoms with Gasteiger partial charge in [-0.2, -0.15) is 0 Å². The summed E-state index contributed by atoms with van der Waals surface area (Å²) < 4.78 is 0. The molecule has 94 valence electrons. The highest BCUT2D eigenvalue weighted by Crippen LogP contribution is 2.34. The normalized spacial score (nSPS) is 21.6.